The molecule has 0 aliphatic carbocycles. The minimum atomic E-state index is -3.40. The lowest BCUT2D eigenvalue weighted by atomic mass is 10.0. The Labute approximate surface area is 89.9 Å². The number of carbonyl (C=O) groups is 1. The van der Waals surface area contributed by atoms with Gasteiger partial charge in [0.15, 0.2) is 0 Å². The van der Waals surface area contributed by atoms with E-state index < -0.39 is 10.1 Å². The fourth-order valence-corrected chi connectivity index (χ4v) is 1.93. The summed E-state index contributed by atoms with van der Waals surface area (Å²) in [6.07, 6.45) is 3.05. The van der Waals surface area contributed by atoms with Crippen molar-refractivity contribution in [3.8, 4) is 0 Å². The molecule has 1 saturated heterocycles. The van der Waals surface area contributed by atoms with Crippen LogP contribution in [0.3, 0.4) is 0 Å². The fourth-order valence-electron chi connectivity index (χ4n) is 1.53. The van der Waals surface area contributed by atoms with Crippen LogP contribution in [0.2, 0.25) is 0 Å². The molecule has 1 heterocycles. The van der Waals surface area contributed by atoms with Crippen LogP contribution in [0.25, 0.3) is 0 Å². The van der Waals surface area contributed by atoms with E-state index in [4.69, 9.17) is 4.74 Å². The first-order valence-corrected chi connectivity index (χ1v) is 6.69. The van der Waals surface area contributed by atoms with Crippen LogP contribution in [0.4, 0.5) is 0 Å². The molecule has 0 spiro atoms. The molecular weight excluding hydrogens is 220 g/mol. The number of hydrogen-bond donors (Lipinski definition) is 0. The molecule has 0 bridgehead atoms. The highest BCUT2D eigenvalue weighted by Gasteiger charge is 2.29. The predicted molar refractivity (Wildman–Crippen MR) is 53.9 cm³/mol. The maximum Gasteiger partial charge on any atom is 0.264 e. The van der Waals surface area contributed by atoms with Gasteiger partial charge in [-0.1, -0.05) is 6.92 Å². The third-order valence-corrected chi connectivity index (χ3v) is 2.97. The zero-order valence-corrected chi connectivity index (χ0v) is 9.70. The molecule has 1 fully saturated rings. The molecule has 88 valence electrons. The quantitative estimate of drug-likeness (QED) is 0.508. The Morgan fingerprint density at radius 3 is 2.73 bits per heavy atom. The van der Waals surface area contributed by atoms with Gasteiger partial charge in [-0.15, -0.1) is 0 Å². The summed E-state index contributed by atoms with van der Waals surface area (Å²) < 4.78 is 31.6. The molecule has 0 aromatic carbocycles. The van der Waals surface area contributed by atoms with Gasteiger partial charge in [0.2, 0.25) is 0 Å². The summed E-state index contributed by atoms with van der Waals surface area (Å²) in [6, 6.07) is 0. The largest absolute Gasteiger partial charge is 0.372 e. The second kappa shape index (κ2) is 5.05. The molecule has 3 atom stereocenters. The van der Waals surface area contributed by atoms with Crippen molar-refractivity contribution in [2.75, 3.05) is 12.9 Å². The smallest absolute Gasteiger partial charge is 0.264 e. The molecule has 15 heavy (non-hydrogen) atoms. The Morgan fingerprint density at radius 1 is 1.53 bits per heavy atom. The molecule has 0 saturated carbocycles. The summed E-state index contributed by atoms with van der Waals surface area (Å²) in [5, 5.41) is 0. The van der Waals surface area contributed by atoms with E-state index in [1.807, 2.05) is 0 Å². The number of ether oxygens (including phenoxy) is 1. The van der Waals surface area contributed by atoms with Crippen molar-refractivity contribution in [2.45, 2.75) is 32.0 Å². The zero-order chi connectivity index (χ0) is 11.5. The maximum atomic E-state index is 10.7. The van der Waals surface area contributed by atoms with Gasteiger partial charge in [-0.2, -0.15) is 8.42 Å². The summed E-state index contributed by atoms with van der Waals surface area (Å²) >= 11 is 0. The van der Waals surface area contributed by atoms with E-state index in [9.17, 15) is 13.2 Å². The predicted octanol–water partition coefficient (Wildman–Crippen LogP) is 0.345. The molecular formula is C9H16O5S. The lowest BCUT2D eigenvalue weighted by Crippen LogP contribution is -2.23. The summed E-state index contributed by atoms with van der Waals surface area (Å²) in [7, 11) is -3.40. The highest BCUT2D eigenvalue weighted by atomic mass is 32.2. The third-order valence-electron chi connectivity index (χ3n) is 2.41. The SMILES string of the molecule is C[C@H](C=O)[C@@H]1CC[C@@H](COS(C)(=O)=O)O1. The topological polar surface area (TPSA) is 69.7 Å². The first-order chi connectivity index (χ1) is 6.92. The van der Waals surface area contributed by atoms with Crippen molar-refractivity contribution in [3.63, 3.8) is 0 Å². The molecule has 1 aliphatic heterocycles. The van der Waals surface area contributed by atoms with Gasteiger partial charge in [0.25, 0.3) is 10.1 Å². The number of aldehydes is 1. The first kappa shape index (κ1) is 12.6. The lowest BCUT2D eigenvalue weighted by Gasteiger charge is -2.15. The van der Waals surface area contributed by atoms with Crippen LogP contribution in [0.5, 0.6) is 0 Å². The second-order valence-electron chi connectivity index (χ2n) is 3.86. The minimum Gasteiger partial charge on any atom is -0.372 e. The Bertz CT molecular complexity index is 310. The zero-order valence-electron chi connectivity index (χ0n) is 8.88. The third kappa shape index (κ3) is 4.27. The molecule has 6 heteroatoms. The van der Waals surface area contributed by atoms with Gasteiger partial charge in [0.05, 0.1) is 25.1 Å². The van der Waals surface area contributed by atoms with E-state index in [0.29, 0.717) is 0 Å². The average molecular weight is 236 g/mol. The molecule has 0 aromatic rings. The summed E-state index contributed by atoms with van der Waals surface area (Å²) in [5.74, 6) is -0.145. The summed E-state index contributed by atoms with van der Waals surface area (Å²) in [5.41, 5.74) is 0. The highest BCUT2D eigenvalue weighted by Crippen LogP contribution is 2.24. The van der Waals surface area contributed by atoms with Gasteiger partial charge in [0, 0.05) is 5.92 Å². The Hall–Kier alpha value is -0.460. The van der Waals surface area contributed by atoms with Crippen molar-refractivity contribution >= 4 is 16.4 Å². The number of hydrogen-bond acceptors (Lipinski definition) is 5. The van der Waals surface area contributed by atoms with Crippen LogP contribution < -0.4 is 0 Å². The van der Waals surface area contributed by atoms with Gasteiger partial charge < -0.3 is 9.53 Å². The molecule has 0 N–H and O–H groups in total. The maximum absolute atomic E-state index is 10.7. The number of carbonyl (C=O) groups excluding carboxylic acids is 1. The highest BCUT2D eigenvalue weighted by molar-refractivity contribution is 7.85. The second-order valence-corrected chi connectivity index (χ2v) is 5.50. The van der Waals surface area contributed by atoms with Crippen LogP contribution in [0.1, 0.15) is 19.8 Å². The van der Waals surface area contributed by atoms with Gasteiger partial charge >= 0.3 is 0 Å². The Balaban J connectivity index is 2.34. The lowest BCUT2D eigenvalue weighted by molar-refractivity contribution is -0.115. The van der Waals surface area contributed by atoms with Crippen LogP contribution in [0, 0.1) is 5.92 Å². The van der Waals surface area contributed by atoms with Crippen LogP contribution in [0.15, 0.2) is 0 Å². The average Bonchev–Trinajstić information content (AvgIpc) is 2.61. The molecule has 0 amide bonds. The Kier molecular flexibility index (Phi) is 4.24. The van der Waals surface area contributed by atoms with Gasteiger partial charge in [0.1, 0.15) is 6.29 Å². The molecule has 0 radical (unpaired) electrons. The standard InChI is InChI=1S/C9H16O5S/c1-7(5-10)9-4-3-8(14-9)6-13-15(2,11)12/h5,7-9H,3-4,6H2,1-2H3/t7-,8+,9+/m1/s1. The Morgan fingerprint density at radius 2 is 2.20 bits per heavy atom. The molecule has 5 nitrogen and oxygen atoms in total. The summed E-state index contributed by atoms with van der Waals surface area (Å²) in [4.78, 5) is 10.5. The van der Waals surface area contributed by atoms with Gasteiger partial charge in [-0.25, -0.2) is 0 Å². The van der Waals surface area contributed by atoms with E-state index in [1.54, 1.807) is 6.92 Å². The van der Waals surface area contributed by atoms with E-state index in [1.165, 1.54) is 0 Å². The molecule has 0 unspecified atom stereocenters. The van der Waals surface area contributed by atoms with Crippen molar-refractivity contribution in [1.29, 1.82) is 0 Å². The molecule has 1 aliphatic rings. The van der Waals surface area contributed by atoms with Crippen molar-refractivity contribution in [1.82, 2.24) is 0 Å². The van der Waals surface area contributed by atoms with E-state index >= 15 is 0 Å². The monoisotopic (exact) mass is 236 g/mol. The van der Waals surface area contributed by atoms with E-state index in [-0.39, 0.29) is 24.7 Å². The molecule has 1 rings (SSSR count). The van der Waals surface area contributed by atoms with Crippen molar-refractivity contribution in [3.05, 3.63) is 0 Å². The van der Waals surface area contributed by atoms with E-state index in [2.05, 4.69) is 4.18 Å². The number of rotatable bonds is 5. The van der Waals surface area contributed by atoms with Crippen LogP contribution in [-0.2, 0) is 23.8 Å². The van der Waals surface area contributed by atoms with E-state index in [0.717, 1.165) is 25.4 Å². The minimum absolute atomic E-state index is 0.0426. The van der Waals surface area contributed by atoms with Gasteiger partial charge in [-0.3, -0.25) is 4.18 Å². The fraction of sp³-hybridized carbons (Fsp3) is 0.889. The van der Waals surface area contributed by atoms with Crippen molar-refractivity contribution in [2.24, 2.45) is 5.92 Å². The molecule has 0 aromatic heterocycles. The van der Waals surface area contributed by atoms with Crippen LogP contribution in [-0.4, -0.2) is 39.8 Å². The van der Waals surface area contributed by atoms with Gasteiger partial charge in [-0.05, 0) is 12.8 Å². The summed E-state index contributed by atoms with van der Waals surface area (Å²) in [6.45, 7) is 1.83. The first-order valence-electron chi connectivity index (χ1n) is 4.87. The normalized spacial score (nSPS) is 28.9. The van der Waals surface area contributed by atoms with Crippen molar-refractivity contribution < 1.29 is 22.1 Å². The van der Waals surface area contributed by atoms with Crippen LogP contribution >= 0.6 is 0 Å².